The zero-order valence-electron chi connectivity index (χ0n) is 13.6. The predicted molar refractivity (Wildman–Crippen MR) is 98.6 cm³/mol. The molecule has 3 nitrogen and oxygen atoms in total. The third-order valence-corrected chi connectivity index (χ3v) is 5.04. The van der Waals surface area contributed by atoms with Gasteiger partial charge in [-0.15, -0.1) is 11.8 Å². The molecule has 0 atom stereocenters. The first kappa shape index (κ1) is 16.8. The van der Waals surface area contributed by atoms with Crippen LogP contribution in [0, 0.1) is 0 Å². The number of oxazole rings is 1. The monoisotopic (exact) mass is 339 g/mol. The molecule has 2 aromatic carbocycles. The highest BCUT2D eigenvalue weighted by Crippen LogP contribution is 2.24. The zero-order valence-corrected chi connectivity index (χ0v) is 14.4. The normalized spacial score (nSPS) is 11.0. The van der Waals surface area contributed by atoms with Gasteiger partial charge in [0.2, 0.25) is 5.78 Å². The van der Waals surface area contributed by atoms with E-state index in [2.05, 4.69) is 47.4 Å². The second-order valence-electron chi connectivity index (χ2n) is 5.78. The van der Waals surface area contributed by atoms with Crippen molar-refractivity contribution in [2.75, 3.05) is 5.75 Å². The number of benzene rings is 2. The molecule has 0 N–H and O–H groups in total. The number of unbranched alkanes of at least 4 members (excludes halogenated alkanes) is 3. The highest BCUT2D eigenvalue weighted by molar-refractivity contribution is 7.99. The van der Waals surface area contributed by atoms with Crippen LogP contribution < -0.4 is 0 Å². The summed E-state index contributed by atoms with van der Waals surface area (Å²) in [5.41, 5.74) is 0. The number of Topliss-reactive ketones (excluding diaryl/α,β-unsaturated/α-hetero) is 1. The van der Waals surface area contributed by atoms with E-state index < -0.39 is 0 Å². The average molecular weight is 339 g/mol. The standard InChI is InChI=1S/C20H21NO2S/c22-19(20-21-12-13-23-20)9-3-1-2-6-14-24-18-11-10-16-7-4-5-8-17(16)15-18/h4-5,7-8,10-13,15H,1-3,6,9,14H2. The first-order valence-electron chi connectivity index (χ1n) is 8.37. The van der Waals surface area contributed by atoms with Crippen molar-refractivity contribution in [2.45, 2.75) is 37.0 Å². The van der Waals surface area contributed by atoms with Crippen molar-refractivity contribution in [1.82, 2.24) is 4.98 Å². The number of ketones is 1. The number of nitrogens with zero attached hydrogens (tertiary/aromatic N) is 1. The molecule has 0 aliphatic rings. The molecule has 0 saturated heterocycles. The largest absolute Gasteiger partial charge is 0.442 e. The van der Waals surface area contributed by atoms with Crippen molar-refractivity contribution < 1.29 is 9.21 Å². The summed E-state index contributed by atoms with van der Waals surface area (Å²) in [6, 6.07) is 15.1. The minimum absolute atomic E-state index is 0.00513. The van der Waals surface area contributed by atoms with Gasteiger partial charge >= 0.3 is 0 Å². The minimum atomic E-state index is 0.00513. The number of hydrogen-bond donors (Lipinski definition) is 0. The van der Waals surface area contributed by atoms with Gasteiger partial charge in [0.25, 0.3) is 5.89 Å². The molecule has 3 rings (SSSR count). The molecule has 0 aliphatic heterocycles. The second kappa shape index (κ2) is 8.69. The highest BCUT2D eigenvalue weighted by Gasteiger charge is 2.09. The van der Waals surface area contributed by atoms with Crippen LogP contribution in [-0.2, 0) is 0 Å². The fourth-order valence-electron chi connectivity index (χ4n) is 2.66. The minimum Gasteiger partial charge on any atom is -0.442 e. The lowest BCUT2D eigenvalue weighted by molar-refractivity contribution is 0.0945. The molecule has 0 radical (unpaired) electrons. The number of aromatic nitrogens is 1. The summed E-state index contributed by atoms with van der Waals surface area (Å²) in [5.74, 6) is 1.36. The van der Waals surface area contributed by atoms with E-state index in [-0.39, 0.29) is 11.7 Å². The van der Waals surface area contributed by atoms with Gasteiger partial charge in [-0.2, -0.15) is 0 Å². The van der Waals surface area contributed by atoms with E-state index in [0.29, 0.717) is 6.42 Å². The number of rotatable bonds is 9. The van der Waals surface area contributed by atoms with Crippen molar-refractivity contribution in [2.24, 2.45) is 0 Å². The van der Waals surface area contributed by atoms with Gasteiger partial charge in [-0.05, 0) is 41.5 Å². The van der Waals surface area contributed by atoms with Gasteiger partial charge < -0.3 is 4.42 Å². The van der Waals surface area contributed by atoms with Crippen molar-refractivity contribution in [3.63, 3.8) is 0 Å². The van der Waals surface area contributed by atoms with E-state index >= 15 is 0 Å². The molecule has 0 unspecified atom stereocenters. The van der Waals surface area contributed by atoms with Crippen LogP contribution in [0.25, 0.3) is 10.8 Å². The summed E-state index contributed by atoms with van der Waals surface area (Å²) in [6.45, 7) is 0. The molecule has 0 aliphatic carbocycles. The maximum atomic E-state index is 11.7. The fourth-order valence-corrected chi connectivity index (χ4v) is 3.62. The molecule has 4 heteroatoms. The number of thioether (sulfide) groups is 1. The van der Waals surface area contributed by atoms with Crippen LogP contribution >= 0.6 is 11.8 Å². The van der Waals surface area contributed by atoms with Gasteiger partial charge in [0.15, 0.2) is 0 Å². The maximum absolute atomic E-state index is 11.7. The lowest BCUT2D eigenvalue weighted by Crippen LogP contribution is -1.98. The molecule has 0 fully saturated rings. The van der Waals surface area contributed by atoms with Gasteiger partial charge in [-0.1, -0.05) is 43.2 Å². The van der Waals surface area contributed by atoms with E-state index in [1.807, 2.05) is 11.8 Å². The molecule has 24 heavy (non-hydrogen) atoms. The van der Waals surface area contributed by atoms with E-state index in [9.17, 15) is 4.79 Å². The highest BCUT2D eigenvalue weighted by atomic mass is 32.2. The Hall–Kier alpha value is -2.07. The fraction of sp³-hybridized carbons (Fsp3) is 0.300. The molecule has 0 spiro atoms. The van der Waals surface area contributed by atoms with Crippen LogP contribution in [0.1, 0.15) is 42.8 Å². The third kappa shape index (κ3) is 4.71. The third-order valence-electron chi connectivity index (χ3n) is 3.96. The number of fused-ring (bicyclic) bond motifs is 1. The summed E-state index contributed by atoms with van der Waals surface area (Å²) < 4.78 is 5.01. The zero-order chi connectivity index (χ0) is 16.6. The molecule has 0 bridgehead atoms. The average Bonchev–Trinajstić information content (AvgIpc) is 3.15. The van der Waals surface area contributed by atoms with Crippen LogP contribution in [0.4, 0.5) is 0 Å². The van der Waals surface area contributed by atoms with Crippen molar-refractivity contribution >= 4 is 28.3 Å². The quantitative estimate of drug-likeness (QED) is 0.283. The number of carbonyl (C=O) groups is 1. The molecule has 0 saturated carbocycles. The summed E-state index contributed by atoms with van der Waals surface area (Å²) in [4.78, 5) is 16.9. The predicted octanol–water partition coefficient (Wildman–Crippen LogP) is 5.75. The smallest absolute Gasteiger partial charge is 0.263 e. The van der Waals surface area contributed by atoms with Crippen LogP contribution in [0.15, 0.2) is 64.2 Å². The molecule has 1 aromatic heterocycles. The summed E-state index contributed by atoms with van der Waals surface area (Å²) in [7, 11) is 0. The molecule has 1 heterocycles. The van der Waals surface area contributed by atoms with E-state index in [0.717, 1.165) is 25.0 Å². The Kier molecular flexibility index (Phi) is 6.07. The Morgan fingerprint density at radius 2 is 1.83 bits per heavy atom. The molecule has 0 amide bonds. The van der Waals surface area contributed by atoms with Crippen LogP contribution in [0.2, 0.25) is 0 Å². The van der Waals surface area contributed by atoms with Crippen LogP contribution in [0.3, 0.4) is 0 Å². The SMILES string of the molecule is O=C(CCCCCCSc1ccc2ccccc2c1)c1ncco1. The van der Waals surface area contributed by atoms with Crippen molar-refractivity contribution in [3.8, 4) is 0 Å². The Bertz CT molecular complexity index is 783. The summed E-state index contributed by atoms with van der Waals surface area (Å²) >= 11 is 1.91. The first-order valence-corrected chi connectivity index (χ1v) is 9.36. The Labute approximate surface area is 146 Å². The van der Waals surface area contributed by atoms with Crippen molar-refractivity contribution in [3.05, 3.63) is 60.8 Å². The molecular formula is C20H21NO2S. The van der Waals surface area contributed by atoms with E-state index in [4.69, 9.17) is 4.42 Å². The van der Waals surface area contributed by atoms with Gasteiger partial charge in [0, 0.05) is 11.3 Å². The van der Waals surface area contributed by atoms with Gasteiger partial charge in [0.1, 0.15) is 6.26 Å². The summed E-state index contributed by atoms with van der Waals surface area (Å²) in [5, 5.41) is 2.59. The lowest BCUT2D eigenvalue weighted by atomic mass is 10.1. The summed E-state index contributed by atoms with van der Waals surface area (Å²) in [6.07, 6.45) is 7.78. The van der Waals surface area contributed by atoms with Gasteiger partial charge in [0.05, 0.1) is 6.20 Å². The number of hydrogen-bond acceptors (Lipinski definition) is 4. The maximum Gasteiger partial charge on any atom is 0.263 e. The van der Waals surface area contributed by atoms with Crippen LogP contribution in [-0.4, -0.2) is 16.5 Å². The Balaban J connectivity index is 1.31. The molecular weight excluding hydrogens is 318 g/mol. The first-order chi connectivity index (χ1) is 11.8. The molecule has 124 valence electrons. The van der Waals surface area contributed by atoms with Crippen molar-refractivity contribution in [1.29, 1.82) is 0 Å². The topological polar surface area (TPSA) is 43.1 Å². The van der Waals surface area contributed by atoms with E-state index in [1.54, 1.807) is 0 Å². The lowest BCUT2D eigenvalue weighted by Gasteiger charge is -2.04. The van der Waals surface area contributed by atoms with Gasteiger partial charge in [-0.25, -0.2) is 4.98 Å². The van der Waals surface area contributed by atoms with Gasteiger partial charge in [-0.3, -0.25) is 4.79 Å². The second-order valence-corrected chi connectivity index (χ2v) is 6.95. The van der Waals surface area contributed by atoms with E-state index in [1.165, 1.54) is 34.5 Å². The number of carbonyl (C=O) groups excluding carboxylic acids is 1. The Morgan fingerprint density at radius 3 is 2.67 bits per heavy atom. The van der Waals surface area contributed by atoms with Crippen LogP contribution in [0.5, 0.6) is 0 Å². The molecule has 3 aromatic rings. The Morgan fingerprint density at radius 1 is 1.00 bits per heavy atom.